The number of para-hydroxylation sites is 2. The number of rotatable bonds is 5. The Hall–Kier alpha value is -2.44. The molecule has 0 bridgehead atoms. The molecule has 0 spiro atoms. The molecule has 1 atom stereocenters. The molecular weight excluding hydrogens is 392 g/mol. The summed E-state index contributed by atoms with van der Waals surface area (Å²) in [4.78, 5) is 28.3. The summed E-state index contributed by atoms with van der Waals surface area (Å²) in [5, 5.41) is 0. The first-order valence-corrected chi connectivity index (χ1v) is 11.7. The molecule has 154 valence electrons. The van der Waals surface area contributed by atoms with Crippen molar-refractivity contribution < 1.29 is 4.79 Å². The molecule has 2 aliphatic rings. The van der Waals surface area contributed by atoms with E-state index in [1.165, 1.54) is 10.5 Å². The van der Waals surface area contributed by atoms with Gasteiger partial charge in [-0.05, 0) is 36.7 Å². The summed E-state index contributed by atoms with van der Waals surface area (Å²) in [5.74, 6) is 2.30. The Balaban J connectivity index is 1.17. The molecule has 1 saturated heterocycles. The second-order valence-corrected chi connectivity index (χ2v) is 9.08. The van der Waals surface area contributed by atoms with Crippen LogP contribution in [-0.2, 0) is 4.79 Å². The van der Waals surface area contributed by atoms with Gasteiger partial charge in [-0.15, -0.1) is 11.8 Å². The summed E-state index contributed by atoms with van der Waals surface area (Å²) < 4.78 is 0. The number of Topliss-reactive ketones (excluding diaryl/α,β-unsaturated/α-hetero) is 1. The normalized spacial score (nSPS) is 19.6. The highest BCUT2D eigenvalue weighted by Crippen LogP contribution is 2.40. The largest absolute Gasteiger partial charge is 0.354 e. The Morgan fingerprint density at radius 3 is 2.77 bits per heavy atom. The second-order valence-electron chi connectivity index (χ2n) is 8.02. The molecule has 3 heterocycles. The maximum atomic E-state index is 12.9. The lowest BCUT2D eigenvalue weighted by Crippen LogP contribution is -2.33. The van der Waals surface area contributed by atoms with Gasteiger partial charge in [0.05, 0.1) is 23.1 Å². The molecule has 0 N–H and O–H groups in total. The highest BCUT2D eigenvalue weighted by molar-refractivity contribution is 7.99. The van der Waals surface area contributed by atoms with E-state index in [9.17, 15) is 4.79 Å². The van der Waals surface area contributed by atoms with E-state index >= 15 is 0 Å². The molecule has 2 aromatic carbocycles. The van der Waals surface area contributed by atoms with Crippen LogP contribution in [0, 0.1) is 0 Å². The topological polar surface area (TPSA) is 49.3 Å². The lowest BCUT2D eigenvalue weighted by molar-refractivity contribution is -0.120. The van der Waals surface area contributed by atoms with Crippen molar-refractivity contribution in [2.45, 2.75) is 23.7 Å². The van der Waals surface area contributed by atoms with Gasteiger partial charge in [-0.2, -0.15) is 0 Å². The van der Waals surface area contributed by atoms with Gasteiger partial charge in [0, 0.05) is 43.2 Å². The van der Waals surface area contributed by atoms with Gasteiger partial charge < -0.3 is 9.80 Å². The van der Waals surface area contributed by atoms with Gasteiger partial charge in [-0.1, -0.05) is 30.3 Å². The van der Waals surface area contributed by atoms with Crippen LogP contribution in [0.3, 0.4) is 0 Å². The summed E-state index contributed by atoms with van der Waals surface area (Å²) in [5.41, 5.74) is 3.10. The van der Waals surface area contributed by atoms with Crippen LogP contribution in [0.4, 0.5) is 5.82 Å². The lowest BCUT2D eigenvalue weighted by Gasteiger charge is -2.23. The molecule has 0 amide bonds. The smallest absolute Gasteiger partial charge is 0.147 e. The molecule has 2 aliphatic heterocycles. The summed E-state index contributed by atoms with van der Waals surface area (Å²) in [6, 6.07) is 16.4. The Bertz CT molecular complexity index is 1060. The van der Waals surface area contributed by atoms with E-state index in [0.29, 0.717) is 12.2 Å². The fourth-order valence-corrected chi connectivity index (χ4v) is 5.66. The third-order valence-electron chi connectivity index (χ3n) is 6.11. The predicted octanol–water partition coefficient (Wildman–Crippen LogP) is 3.99. The minimum atomic E-state index is 0.0718. The molecular formula is C24H26N4OS. The van der Waals surface area contributed by atoms with E-state index in [-0.39, 0.29) is 5.92 Å². The maximum Gasteiger partial charge on any atom is 0.147 e. The molecule has 0 radical (unpaired) electrons. The zero-order chi connectivity index (χ0) is 20.3. The minimum absolute atomic E-state index is 0.0718. The van der Waals surface area contributed by atoms with Gasteiger partial charge in [0.1, 0.15) is 11.6 Å². The standard InChI is InChI=1S/C24H26N4OS/c29-22(19-17-30-23-9-4-1-6-18(19)23)10-13-27-11-5-12-28(15-14-27)24-16-25-20-7-2-3-8-21(20)26-24/h1-4,6-9,16,19H,5,10-15,17H2. The average molecular weight is 419 g/mol. The number of hydrogen-bond donors (Lipinski definition) is 0. The molecule has 0 aliphatic carbocycles. The summed E-state index contributed by atoms with van der Waals surface area (Å²) in [6.07, 6.45) is 3.59. The highest BCUT2D eigenvalue weighted by Gasteiger charge is 2.29. The van der Waals surface area contributed by atoms with Gasteiger partial charge in [0.15, 0.2) is 0 Å². The Labute approximate surface area is 181 Å². The Kier molecular flexibility index (Phi) is 5.69. The first-order chi connectivity index (χ1) is 14.8. The van der Waals surface area contributed by atoms with Crippen molar-refractivity contribution in [2.75, 3.05) is 43.4 Å². The summed E-state index contributed by atoms with van der Waals surface area (Å²) in [7, 11) is 0. The van der Waals surface area contributed by atoms with Crippen molar-refractivity contribution in [3.63, 3.8) is 0 Å². The summed E-state index contributed by atoms with van der Waals surface area (Å²) in [6.45, 7) is 4.73. The molecule has 3 aromatic rings. The lowest BCUT2D eigenvalue weighted by atomic mass is 9.95. The summed E-state index contributed by atoms with van der Waals surface area (Å²) >= 11 is 1.81. The molecule has 1 aromatic heterocycles. The fraction of sp³-hybridized carbons (Fsp3) is 0.375. The predicted molar refractivity (Wildman–Crippen MR) is 122 cm³/mol. The van der Waals surface area contributed by atoms with Crippen molar-refractivity contribution >= 4 is 34.4 Å². The number of hydrogen-bond acceptors (Lipinski definition) is 6. The molecule has 5 nitrogen and oxygen atoms in total. The zero-order valence-corrected chi connectivity index (χ0v) is 17.9. The van der Waals surface area contributed by atoms with E-state index in [0.717, 1.165) is 61.7 Å². The number of carbonyl (C=O) groups excluding carboxylic acids is 1. The van der Waals surface area contributed by atoms with Crippen molar-refractivity contribution in [3.05, 3.63) is 60.3 Å². The molecule has 0 saturated carbocycles. The number of carbonyl (C=O) groups is 1. The Morgan fingerprint density at radius 1 is 1.00 bits per heavy atom. The SMILES string of the molecule is O=C(CCN1CCCN(c2cnc3ccccc3n2)CC1)C1CSc2ccccc21. The highest BCUT2D eigenvalue weighted by atomic mass is 32.2. The molecule has 30 heavy (non-hydrogen) atoms. The van der Waals surface area contributed by atoms with Crippen molar-refractivity contribution in [3.8, 4) is 0 Å². The van der Waals surface area contributed by atoms with Crippen LogP contribution < -0.4 is 4.90 Å². The zero-order valence-electron chi connectivity index (χ0n) is 17.0. The second kappa shape index (κ2) is 8.74. The number of fused-ring (bicyclic) bond motifs is 2. The van der Waals surface area contributed by atoms with Crippen molar-refractivity contribution in [1.82, 2.24) is 14.9 Å². The van der Waals surface area contributed by atoms with Gasteiger partial charge in [0.2, 0.25) is 0 Å². The van der Waals surface area contributed by atoms with E-state index in [4.69, 9.17) is 4.98 Å². The van der Waals surface area contributed by atoms with Gasteiger partial charge in [-0.25, -0.2) is 4.98 Å². The van der Waals surface area contributed by atoms with Gasteiger partial charge in [0.25, 0.3) is 0 Å². The van der Waals surface area contributed by atoms with Crippen LogP contribution in [0.25, 0.3) is 11.0 Å². The van der Waals surface area contributed by atoms with Gasteiger partial charge in [-0.3, -0.25) is 9.78 Å². The number of anilines is 1. The molecule has 1 fully saturated rings. The minimum Gasteiger partial charge on any atom is -0.354 e. The quantitative estimate of drug-likeness (QED) is 0.624. The van der Waals surface area contributed by atoms with Crippen LogP contribution >= 0.6 is 11.8 Å². The number of ketones is 1. The van der Waals surface area contributed by atoms with Gasteiger partial charge >= 0.3 is 0 Å². The van der Waals surface area contributed by atoms with E-state index in [1.807, 2.05) is 48.3 Å². The molecule has 5 rings (SSSR count). The van der Waals surface area contributed by atoms with E-state index in [1.54, 1.807) is 0 Å². The number of aromatic nitrogens is 2. The van der Waals surface area contributed by atoms with E-state index in [2.05, 4.69) is 33.0 Å². The fourth-order valence-electron chi connectivity index (χ4n) is 4.40. The van der Waals surface area contributed by atoms with Crippen molar-refractivity contribution in [2.24, 2.45) is 0 Å². The van der Waals surface area contributed by atoms with Crippen LogP contribution in [0.15, 0.2) is 59.6 Å². The third kappa shape index (κ3) is 4.07. The number of benzene rings is 2. The van der Waals surface area contributed by atoms with Crippen LogP contribution in [0.2, 0.25) is 0 Å². The van der Waals surface area contributed by atoms with E-state index < -0.39 is 0 Å². The Morgan fingerprint density at radius 2 is 1.83 bits per heavy atom. The first kappa shape index (κ1) is 19.5. The van der Waals surface area contributed by atoms with Crippen molar-refractivity contribution in [1.29, 1.82) is 0 Å². The monoisotopic (exact) mass is 418 g/mol. The van der Waals surface area contributed by atoms with Crippen LogP contribution in [0.5, 0.6) is 0 Å². The first-order valence-electron chi connectivity index (χ1n) is 10.7. The molecule has 1 unspecified atom stereocenters. The number of thioether (sulfide) groups is 1. The average Bonchev–Trinajstić information content (AvgIpc) is 3.08. The third-order valence-corrected chi connectivity index (χ3v) is 7.29. The van der Waals surface area contributed by atoms with Crippen LogP contribution in [0.1, 0.15) is 24.3 Å². The number of nitrogens with zero attached hydrogens (tertiary/aromatic N) is 4. The molecule has 6 heteroatoms. The van der Waals surface area contributed by atoms with Crippen LogP contribution in [-0.4, -0.2) is 59.1 Å². The maximum absolute atomic E-state index is 12.9.